The van der Waals surface area contributed by atoms with Crippen LogP contribution in [0.25, 0.3) is 10.9 Å². The molecule has 2 aromatic heterocycles. The molecule has 0 aliphatic carbocycles. The molecule has 3 rings (SSSR count). The number of nitrogens with zero attached hydrogens (tertiary/aromatic N) is 2. The second-order valence-electron chi connectivity index (χ2n) is 5.50. The van der Waals surface area contributed by atoms with E-state index in [2.05, 4.69) is 4.98 Å². The van der Waals surface area contributed by atoms with Gasteiger partial charge in [0.2, 0.25) is 5.78 Å². The molecule has 0 saturated heterocycles. The van der Waals surface area contributed by atoms with Crippen LogP contribution in [0.2, 0.25) is 0 Å². The van der Waals surface area contributed by atoms with Crippen molar-refractivity contribution in [2.24, 2.45) is 0 Å². The van der Waals surface area contributed by atoms with Gasteiger partial charge in [0.1, 0.15) is 19.0 Å². The molecule has 0 radical (unpaired) electrons. The van der Waals surface area contributed by atoms with Crippen molar-refractivity contribution in [3.8, 4) is 0 Å². The minimum atomic E-state index is -3.98. The number of aromatic nitrogens is 2. The van der Waals surface area contributed by atoms with Crippen LogP contribution in [0, 0.1) is 5.82 Å². The third-order valence-corrected chi connectivity index (χ3v) is 5.64. The number of hydrogen-bond acceptors (Lipinski definition) is 6. The normalized spacial score (nSPS) is 13.2. The topological polar surface area (TPSA) is 92.1 Å². The third kappa shape index (κ3) is 3.91. The van der Waals surface area contributed by atoms with E-state index in [9.17, 15) is 23.4 Å². The predicted octanol–water partition coefficient (Wildman–Crippen LogP) is 0.0959. The van der Waals surface area contributed by atoms with Crippen LogP contribution in [0.1, 0.15) is 39.2 Å². The van der Waals surface area contributed by atoms with Crippen LogP contribution in [0.15, 0.2) is 29.8 Å². The first-order valence-corrected chi connectivity index (χ1v) is 10.3. The third-order valence-electron chi connectivity index (χ3n) is 3.69. The SMILES string of the molecule is CCC(=O)c1csc(C(=O)c2cn(P(C)(=O)[O-])c3ccc(F)cc23)n1.[Na+]. The van der Waals surface area contributed by atoms with E-state index < -0.39 is 19.1 Å². The van der Waals surface area contributed by atoms with Crippen LogP contribution in [-0.4, -0.2) is 27.6 Å². The fourth-order valence-electron chi connectivity index (χ4n) is 2.47. The second kappa shape index (κ2) is 7.84. The summed E-state index contributed by atoms with van der Waals surface area (Å²) in [5.74, 6) is -1.33. The van der Waals surface area contributed by atoms with E-state index in [0.29, 0.717) is 0 Å². The van der Waals surface area contributed by atoms with E-state index in [-0.39, 0.29) is 68.9 Å². The fraction of sp³-hybridized carbons (Fsp3) is 0.188. The van der Waals surface area contributed by atoms with E-state index in [1.807, 2.05) is 0 Å². The Morgan fingerprint density at radius 3 is 2.69 bits per heavy atom. The summed E-state index contributed by atoms with van der Waals surface area (Å²) in [5, 5.41) is 1.72. The number of hydrogen-bond donors (Lipinski definition) is 0. The van der Waals surface area contributed by atoms with E-state index in [0.717, 1.165) is 34.5 Å². The molecule has 6 nitrogen and oxygen atoms in total. The molecule has 3 aromatic rings. The summed E-state index contributed by atoms with van der Waals surface area (Å²) in [6, 6.07) is 3.55. The molecule has 0 amide bonds. The van der Waals surface area contributed by atoms with Crippen molar-refractivity contribution in [1.29, 1.82) is 0 Å². The minimum absolute atomic E-state index is 0. The number of ketones is 2. The molecule has 0 saturated carbocycles. The zero-order valence-corrected chi connectivity index (χ0v) is 18.1. The number of fused-ring (bicyclic) bond motifs is 1. The first kappa shape index (κ1) is 21.2. The first-order chi connectivity index (χ1) is 11.7. The van der Waals surface area contributed by atoms with Gasteiger partial charge in [0.25, 0.3) is 0 Å². The summed E-state index contributed by atoms with van der Waals surface area (Å²) in [7, 11) is -3.98. The van der Waals surface area contributed by atoms with E-state index in [1.165, 1.54) is 17.6 Å². The minimum Gasteiger partial charge on any atom is -0.783 e. The van der Waals surface area contributed by atoms with Gasteiger partial charge in [-0.25, -0.2) is 9.37 Å². The van der Waals surface area contributed by atoms with Crippen LogP contribution < -0.4 is 34.5 Å². The van der Waals surface area contributed by atoms with Gasteiger partial charge in [-0.1, -0.05) is 6.92 Å². The average molecular weight is 402 g/mol. The number of thiazole rings is 1. The van der Waals surface area contributed by atoms with E-state index in [4.69, 9.17) is 0 Å². The van der Waals surface area contributed by atoms with Crippen molar-refractivity contribution >= 4 is 41.3 Å². The van der Waals surface area contributed by atoms with Gasteiger partial charge >= 0.3 is 29.6 Å². The number of benzene rings is 1. The molecule has 130 valence electrons. The van der Waals surface area contributed by atoms with Gasteiger partial charge in [-0.2, -0.15) is 0 Å². The van der Waals surface area contributed by atoms with Crippen molar-refractivity contribution < 1.29 is 53.0 Å². The van der Waals surface area contributed by atoms with Crippen molar-refractivity contribution in [1.82, 2.24) is 9.32 Å². The molecule has 0 spiro atoms. The number of carbonyl (C=O) groups is 2. The average Bonchev–Trinajstić information content (AvgIpc) is 3.17. The number of rotatable bonds is 5. The van der Waals surface area contributed by atoms with Crippen molar-refractivity contribution in [3.05, 3.63) is 51.9 Å². The standard InChI is InChI=1S/C16H14FN2O4PS.Na/c1-3-14(20)12-8-25-16(18-12)15(21)11-7-19(24(2,22)23)13-5-4-9(17)6-10(11)13;/h4-8H,3H2,1-2H3,(H,22,23);/q;+1/p-1. The van der Waals surface area contributed by atoms with Crippen molar-refractivity contribution in [3.63, 3.8) is 0 Å². The Kier molecular flexibility index (Phi) is 6.38. The first-order valence-electron chi connectivity index (χ1n) is 7.35. The molecule has 1 atom stereocenters. The summed E-state index contributed by atoms with van der Waals surface area (Å²) in [6.45, 7) is 2.71. The van der Waals surface area contributed by atoms with Gasteiger partial charge in [0, 0.05) is 23.4 Å². The maximum Gasteiger partial charge on any atom is 1.00 e. The molecular formula is C16H13FN2NaO4PS. The van der Waals surface area contributed by atoms with Crippen LogP contribution in [0.3, 0.4) is 0 Å². The molecule has 26 heavy (non-hydrogen) atoms. The number of carbonyl (C=O) groups excluding carboxylic acids is 2. The maximum atomic E-state index is 13.6. The molecule has 1 unspecified atom stereocenters. The summed E-state index contributed by atoms with van der Waals surface area (Å²) in [5.41, 5.74) is 0.431. The molecule has 0 bridgehead atoms. The number of Topliss-reactive ketones (excluding diaryl/α,β-unsaturated/α-hetero) is 1. The summed E-state index contributed by atoms with van der Waals surface area (Å²) >= 11 is 0.994. The smallest absolute Gasteiger partial charge is 0.783 e. The van der Waals surface area contributed by atoms with Crippen molar-refractivity contribution in [2.45, 2.75) is 13.3 Å². The molecular weight excluding hydrogens is 389 g/mol. The van der Waals surface area contributed by atoms with Crippen LogP contribution >= 0.6 is 18.9 Å². The Bertz CT molecular complexity index is 1060. The van der Waals surface area contributed by atoms with Gasteiger partial charge in [-0.3, -0.25) is 9.59 Å². The molecule has 0 N–H and O–H groups in total. The molecule has 0 fully saturated rings. The Morgan fingerprint density at radius 1 is 1.38 bits per heavy atom. The summed E-state index contributed by atoms with van der Waals surface area (Å²) in [4.78, 5) is 40.4. The molecule has 1 aromatic carbocycles. The summed E-state index contributed by atoms with van der Waals surface area (Å²) in [6.07, 6.45) is 1.43. The predicted molar refractivity (Wildman–Crippen MR) is 91.0 cm³/mol. The van der Waals surface area contributed by atoms with Gasteiger partial charge in [-0.05, 0) is 24.9 Å². The second-order valence-corrected chi connectivity index (χ2v) is 8.39. The maximum absolute atomic E-state index is 13.6. The molecule has 2 heterocycles. The largest absolute Gasteiger partial charge is 1.00 e. The Morgan fingerprint density at radius 2 is 2.08 bits per heavy atom. The van der Waals surface area contributed by atoms with Gasteiger partial charge in [-0.15, -0.1) is 11.3 Å². The monoisotopic (exact) mass is 402 g/mol. The van der Waals surface area contributed by atoms with Gasteiger partial charge in [0.15, 0.2) is 10.8 Å². The van der Waals surface area contributed by atoms with Crippen LogP contribution in [0.4, 0.5) is 4.39 Å². The zero-order chi connectivity index (χ0) is 18.4. The quantitative estimate of drug-likeness (QED) is 0.343. The molecule has 10 heteroatoms. The molecule has 0 aliphatic heterocycles. The fourth-order valence-corrected chi connectivity index (χ4v) is 4.14. The van der Waals surface area contributed by atoms with Gasteiger partial charge < -0.3 is 13.8 Å². The van der Waals surface area contributed by atoms with E-state index >= 15 is 0 Å². The van der Waals surface area contributed by atoms with Crippen molar-refractivity contribution in [2.75, 3.05) is 6.66 Å². The van der Waals surface area contributed by atoms with E-state index in [1.54, 1.807) is 6.92 Å². The number of halogens is 1. The Hall–Kier alpha value is -1.15. The molecule has 0 aliphatic rings. The Balaban J connectivity index is 0.00000243. The summed E-state index contributed by atoms with van der Waals surface area (Å²) < 4.78 is 26.5. The van der Waals surface area contributed by atoms with Crippen LogP contribution in [-0.2, 0) is 4.57 Å². The van der Waals surface area contributed by atoms with Gasteiger partial charge in [0.05, 0.1) is 11.1 Å². The Labute approximate surface area is 174 Å². The zero-order valence-electron chi connectivity index (χ0n) is 14.4. The van der Waals surface area contributed by atoms with Crippen LogP contribution in [0.5, 0.6) is 0 Å².